The van der Waals surface area contributed by atoms with E-state index in [4.69, 9.17) is 9.47 Å². The molecule has 7 nitrogen and oxygen atoms in total. The number of carbonyl (C=O) groups is 1. The number of carbonyl (C=O) groups excluding carboxylic acids is 1. The minimum Gasteiger partial charge on any atom is -0.496 e. The summed E-state index contributed by atoms with van der Waals surface area (Å²) in [6, 6.07) is 17.6. The molecular weight excluding hydrogens is 416 g/mol. The number of hydrogen-bond donors (Lipinski definition) is 0. The lowest BCUT2D eigenvalue weighted by atomic mass is 10.1. The Bertz CT molecular complexity index is 1110. The van der Waals surface area contributed by atoms with Crippen molar-refractivity contribution < 1.29 is 14.3 Å². The number of aromatic nitrogens is 2. The van der Waals surface area contributed by atoms with Crippen LogP contribution in [0.15, 0.2) is 54.6 Å². The van der Waals surface area contributed by atoms with Crippen LogP contribution in [0, 0.1) is 13.8 Å². The van der Waals surface area contributed by atoms with Crippen molar-refractivity contribution in [1.82, 2.24) is 15.1 Å². The Morgan fingerprint density at radius 3 is 2.36 bits per heavy atom. The van der Waals surface area contributed by atoms with E-state index >= 15 is 0 Å². The second-order valence-corrected chi connectivity index (χ2v) is 8.30. The lowest BCUT2D eigenvalue weighted by molar-refractivity contribution is -0.138. The summed E-state index contributed by atoms with van der Waals surface area (Å²) in [4.78, 5) is 16.9. The van der Waals surface area contributed by atoms with Gasteiger partial charge in [0.25, 0.3) is 5.91 Å². The average molecular weight is 447 g/mol. The van der Waals surface area contributed by atoms with Gasteiger partial charge in [-0.2, -0.15) is 0 Å². The van der Waals surface area contributed by atoms with Crippen LogP contribution in [0.3, 0.4) is 0 Å². The van der Waals surface area contributed by atoms with Crippen LogP contribution >= 0.6 is 0 Å². The molecule has 1 unspecified atom stereocenters. The Morgan fingerprint density at radius 2 is 1.70 bits per heavy atom. The van der Waals surface area contributed by atoms with E-state index in [0.29, 0.717) is 26.2 Å². The van der Waals surface area contributed by atoms with Crippen LogP contribution in [0.25, 0.3) is 11.3 Å². The Kier molecular flexibility index (Phi) is 6.77. The normalized spacial score (nSPS) is 14.7. The second kappa shape index (κ2) is 9.90. The Balaban J connectivity index is 1.34. The van der Waals surface area contributed by atoms with Gasteiger partial charge in [-0.05, 0) is 68.3 Å². The highest BCUT2D eigenvalue weighted by atomic mass is 16.5. The second-order valence-electron chi connectivity index (χ2n) is 8.30. The number of anilines is 1. The van der Waals surface area contributed by atoms with Gasteiger partial charge in [0.1, 0.15) is 11.5 Å². The van der Waals surface area contributed by atoms with E-state index in [1.165, 1.54) is 5.56 Å². The number of methoxy groups -OCH3 is 1. The molecule has 0 saturated carbocycles. The van der Waals surface area contributed by atoms with Crippen LogP contribution in [-0.4, -0.2) is 60.4 Å². The molecule has 2 heterocycles. The first kappa shape index (κ1) is 22.6. The number of ether oxygens (including phenoxy) is 2. The molecule has 0 aliphatic carbocycles. The average Bonchev–Trinajstić information content (AvgIpc) is 2.86. The minimum atomic E-state index is -0.529. The van der Waals surface area contributed by atoms with E-state index < -0.39 is 6.10 Å². The fourth-order valence-corrected chi connectivity index (χ4v) is 3.95. The Hall–Kier alpha value is -3.61. The molecule has 1 aromatic heterocycles. The number of benzene rings is 2. The first-order valence-electron chi connectivity index (χ1n) is 11.2. The molecule has 172 valence electrons. The Labute approximate surface area is 195 Å². The molecule has 0 radical (unpaired) electrons. The zero-order chi connectivity index (χ0) is 23.4. The molecule has 1 fully saturated rings. The number of amides is 1. The number of nitrogens with zero attached hydrogens (tertiary/aromatic N) is 4. The molecular formula is C26H30N4O3. The predicted molar refractivity (Wildman–Crippen MR) is 129 cm³/mol. The monoisotopic (exact) mass is 446 g/mol. The molecule has 2 aromatic carbocycles. The summed E-state index contributed by atoms with van der Waals surface area (Å²) in [5.74, 6) is 2.30. The first-order chi connectivity index (χ1) is 16.0. The summed E-state index contributed by atoms with van der Waals surface area (Å²) in [5, 5.41) is 8.83. The quantitative estimate of drug-likeness (QED) is 0.572. The largest absolute Gasteiger partial charge is 0.496 e. The third-order valence-corrected chi connectivity index (χ3v) is 6.09. The molecule has 1 amide bonds. The molecule has 1 aliphatic rings. The van der Waals surface area contributed by atoms with E-state index in [9.17, 15) is 4.79 Å². The van der Waals surface area contributed by atoms with Gasteiger partial charge in [0, 0.05) is 31.7 Å². The van der Waals surface area contributed by atoms with Gasteiger partial charge in [-0.1, -0.05) is 18.2 Å². The van der Waals surface area contributed by atoms with E-state index in [-0.39, 0.29) is 5.91 Å². The number of rotatable bonds is 6. The van der Waals surface area contributed by atoms with Gasteiger partial charge in [-0.25, -0.2) is 0 Å². The van der Waals surface area contributed by atoms with Crippen molar-refractivity contribution in [2.45, 2.75) is 26.9 Å². The molecule has 1 saturated heterocycles. The van der Waals surface area contributed by atoms with Crippen LogP contribution in [0.5, 0.6) is 11.5 Å². The van der Waals surface area contributed by atoms with Crippen molar-refractivity contribution in [1.29, 1.82) is 0 Å². The van der Waals surface area contributed by atoms with Gasteiger partial charge in [0.2, 0.25) is 0 Å². The molecule has 33 heavy (non-hydrogen) atoms. The number of hydrogen-bond acceptors (Lipinski definition) is 6. The maximum absolute atomic E-state index is 12.9. The maximum atomic E-state index is 12.9. The number of piperazine rings is 1. The summed E-state index contributed by atoms with van der Waals surface area (Å²) in [6.07, 6.45) is -0.529. The number of aryl methyl sites for hydroxylation is 2. The minimum absolute atomic E-state index is 0.00508. The smallest absolute Gasteiger partial charge is 0.263 e. The van der Waals surface area contributed by atoms with E-state index in [2.05, 4.69) is 22.0 Å². The third-order valence-electron chi connectivity index (χ3n) is 6.09. The predicted octanol–water partition coefficient (Wildman–Crippen LogP) is 3.89. The molecule has 0 spiro atoms. The summed E-state index contributed by atoms with van der Waals surface area (Å²) in [7, 11) is 1.65. The van der Waals surface area contributed by atoms with Gasteiger partial charge in [-0.3, -0.25) is 4.79 Å². The lowest BCUT2D eigenvalue weighted by Gasteiger charge is -2.36. The summed E-state index contributed by atoms with van der Waals surface area (Å²) in [6.45, 7) is 8.55. The standard InChI is InChI=1S/C26H30N4O3/c1-18-9-10-21(17-19(18)2)33-20(3)26(31)30-15-13-29(14-16-30)25-12-11-23(27-28-25)22-7-5-6-8-24(22)32-4/h5-12,17,20H,13-16H2,1-4H3. The molecule has 0 bridgehead atoms. The molecule has 1 aliphatic heterocycles. The lowest BCUT2D eigenvalue weighted by Crippen LogP contribution is -2.52. The molecule has 3 aromatic rings. The van der Waals surface area contributed by atoms with Crippen LogP contribution in [0.1, 0.15) is 18.1 Å². The highest BCUT2D eigenvalue weighted by Crippen LogP contribution is 2.28. The zero-order valence-corrected chi connectivity index (χ0v) is 19.6. The van der Waals surface area contributed by atoms with Crippen molar-refractivity contribution in [3.63, 3.8) is 0 Å². The molecule has 7 heteroatoms. The first-order valence-corrected chi connectivity index (χ1v) is 11.2. The van der Waals surface area contributed by atoms with Gasteiger partial charge < -0.3 is 19.3 Å². The fraction of sp³-hybridized carbons (Fsp3) is 0.346. The van der Waals surface area contributed by atoms with Crippen LogP contribution in [0.2, 0.25) is 0 Å². The van der Waals surface area contributed by atoms with Crippen molar-refractivity contribution in [2.75, 3.05) is 38.2 Å². The van der Waals surface area contributed by atoms with Gasteiger partial charge >= 0.3 is 0 Å². The Morgan fingerprint density at radius 1 is 0.939 bits per heavy atom. The zero-order valence-electron chi connectivity index (χ0n) is 19.6. The molecule has 1 atom stereocenters. The van der Waals surface area contributed by atoms with Crippen LogP contribution in [0.4, 0.5) is 5.82 Å². The fourth-order valence-electron chi connectivity index (χ4n) is 3.95. The van der Waals surface area contributed by atoms with E-state index in [0.717, 1.165) is 34.1 Å². The SMILES string of the molecule is COc1ccccc1-c1ccc(N2CCN(C(=O)C(C)Oc3ccc(C)c(C)c3)CC2)nn1. The van der Waals surface area contributed by atoms with Gasteiger partial charge in [-0.15, -0.1) is 10.2 Å². The van der Waals surface area contributed by atoms with E-state index in [1.807, 2.05) is 73.3 Å². The third kappa shape index (κ3) is 5.08. The van der Waals surface area contributed by atoms with E-state index in [1.54, 1.807) is 7.11 Å². The molecule has 4 rings (SSSR count). The number of para-hydroxylation sites is 1. The summed E-state index contributed by atoms with van der Waals surface area (Å²) < 4.78 is 11.3. The van der Waals surface area contributed by atoms with Gasteiger partial charge in [0.05, 0.1) is 12.8 Å². The van der Waals surface area contributed by atoms with Gasteiger partial charge in [0.15, 0.2) is 11.9 Å². The summed E-state index contributed by atoms with van der Waals surface area (Å²) >= 11 is 0. The van der Waals surface area contributed by atoms with Crippen LogP contribution < -0.4 is 14.4 Å². The molecule has 0 N–H and O–H groups in total. The van der Waals surface area contributed by atoms with Crippen molar-refractivity contribution in [2.24, 2.45) is 0 Å². The topological polar surface area (TPSA) is 67.8 Å². The van der Waals surface area contributed by atoms with Crippen LogP contribution in [-0.2, 0) is 4.79 Å². The highest BCUT2D eigenvalue weighted by Gasteiger charge is 2.27. The summed E-state index contributed by atoms with van der Waals surface area (Å²) in [5.41, 5.74) is 4.03. The van der Waals surface area contributed by atoms with Crippen molar-refractivity contribution in [3.8, 4) is 22.8 Å². The maximum Gasteiger partial charge on any atom is 0.263 e. The van der Waals surface area contributed by atoms with Crippen molar-refractivity contribution >= 4 is 11.7 Å². The van der Waals surface area contributed by atoms with Crippen molar-refractivity contribution in [3.05, 3.63) is 65.7 Å². The highest BCUT2D eigenvalue weighted by molar-refractivity contribution is 5.81.